The smallest absolute Gasteiger partial charge is 0.409 e. The van der Waals surface area contributed by atoms with Gasteiger partial charge in [-0.2, -0.15) is 0 Å². The molecule has 5 rings (SSSR count). The SMILES string of the molecule is CCOC(=O)N1CCN(c2ncnc3c2c(-c2ccccc2)cn3-c2ccc(C)cc2)CC1. The van der Waals surface area contributed by atoms with Crippen molar-refractivity contribution in [3.8, 4) is 16.8 Å². The first-order valence-corrected chi connectivity index (χ1v) is 11.3. The van der Waals surface area contributed by atoms with E-state index in [-0.39, 0.29) is 6.09 Å². The maximum Gasteiger partial charge on any atom is 0.409 e. The van der Waals surface area contributed by atoms with Crippen molar-refractivity contribution in [2.24, 2.45) is 0 Å². The average molecular weight is 442 g/mol. The van der Waals surface area contributed by atoms with E-state index in [1.165, 1.54) is 5.56 Å². The molecule has 0 bridgehead atoms. The van der Waals surface area contributed by atoms with Gasteiger partial charge in [0.2, 0.25) is 0 Å². The third kappa shape index (κ3) is 4.02. The summed E-state index contributed by atoms with van der Waals surface area (Å²) in [7, 11) is 0. The van der Waals surface area contributed by atoms with Crippen molar-refractivity contribution in [1.82, 2.24) is 19.4 Å². The Bertz CT molecular complexity index is 1260. The quantitative estimate of drug-likeness (QED) is 0.460. The molecular formula is C26H27N5O2. The number of rotatable bonds is 4. The molecule has 0 radical (unpaired) electrons. The molecule has 7 heteroatoms. The molecule has 0 atom stereocenters. The molecule has 3 heterocycles. The molecule has 7 nitrogen and oxygen atoms in total. The van der Waals surface area contributed by atoms with Crippen molar-refractivity contribution in [3.63, 3.8) is 0 Å². The van der Waals surface area contributed by atoms with Crippen LogP contribution >= 0.6 is 0 Å². The second-order valence-electron chi connectivity index (χ2n) is 8.18. The fourth-order valence-corrected chi connectivity index (χ4v) is 4.34. The molecular weight excluding hydrogens is 414 g/mol. The number of ether oxygens (including phenoxy) is 1. The normalized spacial score (nSPS) is 14.0. The maximum absolute atomic E-state index is 12.1. The number of aromatic nitrogens is 3. The fraction of sp³-hybridized carbons (Fsp3) is 0.269. The molecule has 2 aromatic carbocycles. The Morgan fingerprint density at radius 3 is 2.39 bits per heavy atom. The second kappa shape index (κ2) is 8.94. The molecule has 4 aromatic rings. The van der Waals surface area contributed by atoms with E-state index >= 15 is 0 Å². The predicted molar refractivity (Wildman–Crippen MR) is 130 cm³/mol. The van der Waals surface area contributed by atoms with Gasteiger partial charge < -0.3 is 19.1 Å². The highest BCUT2D eigenvalue weighted by molar-refractivity contribution is 6.02. The van der Waals surface area contributed by atoms with Gasteiger partial charge in [0.1, 0.15) is 12.1 Å². The minimum atomic E-state index is -0.250. The molecule has 0 unspecified atom stereocenters. The third-order valence-corrected chi connectivity index (χ3v) is 6.07. The molecule has 168 valence electrons. The first-order valence-electron chi connectivity index (χ1n) is 11.3. The summed E-state index contributed by atoms with van der Waals surface area (Å²) < 4.78 is 7.31. The highest BCUT2D eigenvalue weighted by Gasteiger charge is 2.26. The summed E-state index contributed by atoms with van der Waals surface area (Å²) in [4.78, 5) is 25.5. The number of carbonyl (C=O) groups excluding carboxylic acids is 1. The molecule has 1 aliphatic rings. The monoisotopic (exact) mass is 441 g/mol. The van der Waals surface area contributed by atoms with E-state index < -0.39 is 0 Å². The summed E-state index contributed by atoms with van der Waals surface area (Å²) >= 11 is 0. The van der Waals surface area contributed by atoms with Gasteiger partial charge in [0.15, 0.2) is 5.65 Å². The number of amides is 1. The van der Waals surface area contributed by atoms with Crippen LogP contribution in [0.2, 0.25) is 0 Å². The van der Waals surface area contributed by atoms with Crippen molar-refractivity contribution in [3.05, 3.63) is 72.7 Å². The Morgan fingerprint density at radius 1 is 0.970 bits per heavy atom. The van der Waals surface area contributed by atoms with Crippen molar-refractivity contribution >= 4 is 22.9 Å². The lowest BCUT2D eigenvalue weighted by Gasteiger charge is -2.35. The number of benzene rings is 2. The molecule has 1 amide bonds. The van der Waals surface area contributed by atoms with Crippen molar-refractivity contribution in [1.29, 1.82) is 0 Å². The van der Waals surface area contributed by atoms with Gasteiger partial charge in [-0.3, -0.25) is 0 Å². The van der Waals surface area contributed by atoms with Crippen LogP contribution in [0.1, 0.15) is 12.5 Å². The zero-order valence-electron chi connectivity index (χ0n) is 18.9. The van der Waals surface area contributed by atoms with Crippen molar-refractivity contribution in [2.75, 3.05) is 37.7 Å². The largest absolute Gasteiger partial charge is 0.450 e. The number of nitrogens with zero attached hydrogens (tertiary/aromatic N) is 5. The van der Waals surface area contributed by atoms with E-state index in [4.69, 9.17) is 9.72 Å². The topological polar surface area (TPSA) is 63.5 Å². The van der Waals surface area contributed by atoms with Crippen LogP contribution in [-0.4, -0.2) is 58.3 Å². The van der Waals surface area contributed by atoms with E-state index in [0.29, 0.717) is 32.8 Å². The molecule has 0 saturated carbocycles. The van der Waals surface area contributed by atoms with Crippen LogP contribution < -0.4 is 4.90 Å². The fourth-order valence-electron chi connectivity index (χ4n) is 4.34. The molecule has 0 spiro atoms. The zero-order valence-corrected chi connectivity index (χ0v) is 18.9. The van der Waals surface area contributed by atoms with E-state index in [1.54, 1.807) is 11.2 Å². The zero-order chi connectivity index (χ0) is 22.8. The lowest BCUT2D eigenvalue weighted by Crippen LogP contribution is -2.49. The van der Waals surface area contributed by atoms with Gasteiger partial charge in [-0.05, 0) is 31.5 Å². The minimum absolute atomic E-state index is 0.250. The number of aryl methyl sites for hydroxylation is 1. The summed E-state index contributed by atoms with van der Waals surface area (Å²) in [6.07, 6.45) is 3.53. The lowest BCUT2D eigenvalue weighted by molar-refractivity contribution is 0.105. The molecule has 2 aromatic heterocycles. The molecule has 1 fully saturated rings. The Hall–Kier alpha value is -3.87. The number of piperazine rings is 1. The number of anilines is 1. The van der Waals surface area contributed by atoms with Gasteiger partial charge in [0, 0.05) is 43.6 Å². The maximum atomic E-state index is 12.1. The molecule has 0 aliphatic carbocycles. The van der Waals surface area contributed by atoms with Crippen LogP contribution in [0, 0.1) is 6.92 Å². The van der Waals surface area contributed by atoms with E-state index in [0.717, 1.165) is 33.7 Å². The molecule has 1 aliphatic heterocycles. The van der Waals surface area contributed by atoms with E-state index in [1.807, 2.05) is 25.1 Å². The third-order valence-electron chi connectivity index (χ3n) is 6.07. The van der Waals surface area contributed by atoms with Crippen molar-refractivity contribution < 1.29 is 9.53 Å². The summed E-state index contributed by atoms with van der Waals surface area (Å²) in [6, 6.07) is 18.8. The summed E-state index contributed by atoms with van der Waals surface area (Å²) in [6.45, 7) is 6.88. The molecule has 33 heavy (non-hydrogen) atoms. The highest BCUT2D eigenvalue weighted by atomic mass is 16.6. The minimum Gasteiger partial charge on any atom is -0.450 e. The standard InChI is InChI=1S/C26H27N5O2/c1-3-33-26(32)30-15-13-29(14-16-30)24-23-22(20-7-5-4-6-8-20)17-31(25(23)28-18-27-24)21-11-9-19(2)10-12-21/h4-12,17-18H,3,13-16H2,1-2H3. The first kappa shape index (κ1) is 21.0. The van der Waals surface area contributed by atoms with Crippen LogP contribution in [0.4, 0.5) is 10.6 Å². The summed E-state index contributed by atoms with van der Waals surface area (Å²) in [5, 5.41) is 1.02. The highest BCUT2D eigenvalue weighted by Crippen LogP contribution is 2.37. The first-order chi connectivity index (χ1) is 16.2. The Morgan fingerprint density at radius 2 is 1.70 bits per heavy atom. The number of fused-ring (bicyclic) bond motifs is 1. The summed E-state index contributed by atoms with van der Waals surface area (Å²) in [5.74, 6) is 0.897. The van der Waals surface area contributed by atoms with Gasteiger partial charge in [-0.15, -0.1) is 0 Å². The summed E-state index contributed by atoms with van der Waals surface area (Å²) in [5.41, 5.74) is 5.36. The Kier molecular flexibility index (Phi) is 5.69. The van der Waals surface area contributed by atoms with Crippen LogP contribution in [0.25, 0.3) is 27.8 Å². The second-order valence-corrected chi connectivity index (χ2v) is 8.18. The van der Waals surface area contributed by atoms with Gasteiger partial charge in [0.25, 0.3) is 0 Å². The lowest BCUT2D eigenvalue weighted by atomic mass is 10.1. The number of hydrogen-bond acceptors (Lipinski definition) is 5. The van der Waals surface area contributed by atoms with Gasteiger partial charge in [-0.25, -0.2) is 14.8 Å². The predicted octanol–water partition coefficient (Wildman–Crippen LogP) is 4.67. The van der Waals surface area contributed by atoms with Crippen LogP contribution in [0.3, 0.4) is 0 Å². The van der Waals surface area contributed by atoms with E-state index in [2.05, 4.69) is 64.0 Å². The van der Waals surface area contributed by atoms with Crippen LogP contribution in [0.15, 0.2) is 67.1 Å². The van der Waals surface area contributed by atoms with Gasteiger partial charge in [0.05, 0.1) is 12.0 Å². The van der Waals surface area contributed by atoms with Crippen LogP contribution in [0.5, 0.6) is 0 Å². The van der Waals surface area contributed by atoms with E-state index in [9.17, 15) is 4.79 Å². The van der Waals surface area contributed by atoms with Gasteiger partial charge >= 0.3 is 6.09 Å². The van der Waals surface area contributed by atoms with Crippen LogP contribution in [-0.2, 0) is 4.74 Å². The molecule has 0 N–H and O–H groups in total. The average Bonchev–Trinajstić information content (AvgIpc) is 3.25. The number of hydrogen-bond donors (Lipinski definition) is 0. The van der Waals surface area contributed by atoms with Crippen molar-refractivity contribution in [2.45, 2.75) is 13.8 Å². The van der Waals surface area contributed by atoms with Gasteiger partial charge in [-0.1, -0.05) is 48.0 Å². The Labute approximate surface area is 193 Å². The molecule has 1 saturated heterocycles. The Balaban J connectivity index is 1.59. The number of carbonyl (C=O) groups is 1.